The molecule has 3 rings (SSSR count). The second-order valence-electron chi connectivity index (χ2n) is 4.97. The number of hydrogen-bond acceptors (Lipinski definition) is 4. The summed E-state index contributed by atoms with van der Waals surface area (Å²) >= 11 is 6.21. The second kappa shape index (κ2) is 6.27. The van der Waals surface area contributed by atoms with Gasteiger partial charge in [-0.1, -0.05) is 23.7 Å². The molecule has 0 aliphatic carbocycles. The summed E-state index contributed by atoms with van der Waals surface area (Å²) in [6.45, 7) is 0. The first-order valence-electron chi connectivity index (χ1n) is 7.00. The van der Waals surface area contributed by atoms with Crippen LogP contribution in [0.1, 0.15) is 0 Å². The van der Waals surface area contributed by atoms with E-state index in [-0.39, 0.29) is 10.6 Å². The van der Waals surface area contributed by atoms with Crippen LogP contribution in [0.3, 0.4) is 0 Å². The first-order valence-corrected chi connectivity index (χ1v) is 8.86. The number of hydrogen-bond donors (Lipinski definition) is 2. The SMILES string of the molecule is CNS(=O)(=O)c1ccc(O)c(-c2ccnn2-c2ccccc2Cl)c1. The van der Waals surface area contributed by atoms with E-state index in [1.807, 2.05) is 6.07 Å². The molecule has 0 fully saturated rings. The fraction of sp³-hybridized carbons (Fsp3) is 0.0625. The smallest absolute Gasteiger partial charge is 0.240 e. The lowest BCUT2D eigenvalue weighted by atomic mass is 10.1. The maximum absolute atomic E-state index is 12.0. The Morgan fingerprint density at radius 3 is 2.62 bits per heavy atom. The molecule has 0 spiro atoms. The summed E-state index contributed by atoms with van der Waals surface area (Å²) in [5.41, 5.74) is 1.48. The van der Waals surface area contributed by atoms with Crippen LogP contribution in [0.25, 0.3) is 16.9 Å². The monoisotopic (exact) mass is 363 g/mol. The molecular weight excluding hydrogens is 350 g/mol. The van der Waals surface area contributed by atoms with E-state index < -0.39 is 10.0 Å². The molecule has 0 amide bonds. The lowest BCUT2D eigenvalue weighted by Crippen LogP contribution is -2.18. The number of phenols is 1. The fourth-order valence-corrected chi connectivity index (χ4v) is 3.30. The zero-order valence-electron chi connectivity index (χ0n) is 12.6. The summed E-state index contributed by atoms with van der Waals surface area (Å²) < 4.78 is 27.8. The number of phenolic OH excluding ortho intramolecular Hbond substituents is 1. The zero-order valence-corrected chi connectivity index (χ0v) is 14.2. The number of nitrogens with zero attached hydrogens (tertiary/aromatic N) is 2. The second-order valence-corrected chi connectivity index (χ2v) is 7.26. The van der Waals surface area contributed by atoms with E-state index in [0.29, 0.717) is 22.0 Å². The van der Waals surface area contributed by atoms with Crippen LogP contribution >= 0.6 is 11.6 Å². The molecule has 2 N–H and O–H groups in total. The number of benzene rings is 2. The van der Waals surface area contributed by atoms with Gasteiger partial charge in [0.25, 0.3) is 0 Å². The molecule has 6 nitrogen and oxygen atoms in total. The Kier molecular flexibility index (Phi) is 4.31. The van der Waals surface area contributed by atoms with Crippen LogP contribution in [0.5, 0.6) is 5.75 Å². The molecule has 0 saturated heterocycles. The summed E-state index contributed by atoms with van der Waals surface area (Å²) in [6, 6.07) is 12.9. The number of halogens is 1. The van der Waals surface area contributed by atoms with Gasteiger partial charge in [-0.2, -0.15) is 5.10 Å². The van der Waals surface area contributed by atoms with Gasteiger partial charge in [0.15, 0.2) is 0 Å². The van der Waals surface area contributed by atoms with Gasteiger partial charge in [-0.3, -0.25) is 0 Å². The minimum absolute atomic E-state index is 0.0460. The molecule has 0 saturated carbocycles. The van der Waals surface area contributed by atoms with Crippen LogP contribution in [0.15, 0.2) is 59.6 Å². The highest BCUT2D eigenvalue weighted by Crippen LogP contribution is 2.33. The van der Waals surface area contributed by atoms with Crippen molar-refractivity contribution in [3.8, 4) is 22.7 Å². The number of rotatable bonds is 4. The van der Waals surface area contributed by atoms with Crippen molar-refractivity contribution in [2.24, 2.45) is 0 Å². The van der Waals surface area contributed by atoms with Gasteiger partial charge in [-0.05, 0) is 43.4 Å². The number of nitrogens with one attached hydrogen (secondary N) is 1. The Morgan fingerprint density at radius 2 is 1.92 bits per heavy atom. The van der Waals surface area contributed by atoms with Gasteiger partial charge in [-0.25, -0.2) is 17.8 Å². The highest BCUT2D eigenvalue weighted by molar-refractivity contribution is 7.89. The van der Waals surface area contributed by atoms with Gasteiger partial charge in [0, 0.05) is 5.56 Å². The molecule has 2 aromatic carbocycles. The van der Waals surface area contributed by atoms with E-state index in [9.17, 15) is 13.5 Å². The third-order valence-electron chi connectivity index (χ3n) is 3.55. The average Bonchev–Trinajstić information content (AvgIpc) is 3.04. The lowest BCUT2D eigenvalue weighted by Gasteiger charge is -2.12. The van der Waals surface area contributed by atoms with E-state index in [2.05, 4.69) is 9.82 Å². The van der Waals surface area contributed by atoms with Crippen LogP contribution in [-0.4, -0.2) is 30.4 Å². The first kappa shape index (κ1) is 16.5. The molecule has 0 bridgehead atoms. The highest BCUT2D eigenvalue weighted by Gasteiger charge is 2.18. The number of aromatic hydroxyl groups is 1. The predicted octanol–water partition coefficient (Wildman–Crippen LogP) is 2.81. The van der Waals surface area contributed by atoms with Crippen LogP contribution < -0.4 is 4.72 Å². The predicted molar refractivity (Wildman–Crippen MR) is 91.9 cm³/mol. The van der Waals surface area contributed by atoms with Crippen molar-refractivity contribution >= 4 is 21.6 Å². The number of aromatic nitrogens is 2. The Hall–Kier alpha value is -2.35. The van der Waals surface area contributed by atoms with Crippen LogP contribution in [0.4, 0.5) is 0 Å². The molecular formula is C16H14ClN3O3S. The molecule has 1 heterocycles. The zero-order chi connectivity index (χ0) is 17.3. The molecule has 0 aliphatic rings. The van der Waals surface area contributed by atoms with Crippen molar-refractivity contribution in [3.05, 3.63) is 59.8 Å². The van der Waals surface area contributed by atoms with Gasteiger partial charge >= 0.3 is 0 Å². The highest BCUT2D eigenvalue weighted by atomic mass is 35.5. The van der Waals surface area contributed by atoms with Gasteiger partial charge in [0.1, 0.15) is 5.75 Å². The standard InChI is InChI=1S/C16H14ClN3O3S/c1-18-24(22,23)11-6-7-16(21)12(10-11)14-8-9-19-20(14)15-5-3-2-4-13(15)17/h2-10,18,21H,1H3. The third-order valence-corrected chi connectivity index (χ3v) is 5.28. The quantitative estimate of drug-likeness (QED) is 0.746. The van der Waals surface area contributed by atoms with Crippen molar-refractivity contribution in [3.63, 3.8) is 0 Å². The molecule has 0 aliphatic heterocycles. The van der Waals surface area contributed by atoms with Gasteiger partial charge in [-0.15, -0.1) is 0 Å². The number of para-hydroxylation sites is 1. The molecule has 8 heteroatoms. The topological polar surface area (TPSA) is 84.2 Å². The fourth-order valence-electron chi connectivity index (χ4n) is 2.33. The third kappa shape index (κ3) is 2.89. The normalized spacial score (nSPS) is 11.6. The Labute approximate surface area is 144 Å². The summed E-state index contributed by atoms with van der Waals surface area (Å²) in [4.78, 5) is 0.0460. The van der Waals surface area contributed by atoms with Crippen molar-refractivity contribution < 1.29 is 13.5 Å². The summed E-state index contributed by atoms with van der Waals surface area (Å²) in [6.07, 6.45) is 1.55. The Balaban J connectivity index is 2.20. The maximum Gasteiger partial charge on any atom is 0.240 e. The van der Waals surface area contributed by atoms with E-state index >= 15 is 0 Å². The first-order chi connectivity index (χ1) is 11.4. The summed E-state index contributed by atoms with van der Waals surface area (Å²) in [5, 5.41) is 14.9. The Morgan fingerprint density at radius 1 is 1.17 bits per heavy atom. The molecule has 3 aromatic rings. The van der Waals surface area contributed by atoms with Crippen LogP contribution in [0.2, 0.25) is 5.02 Å². The van der Waals surface area contributed by atoms with Crippen molar-refractivity contribution in [1.29, 1.82) is 0 Å². The van der Waals surface area contributed by atoms with E-state index in [1.54, 1.807) is 35.1 Å². The minimum atomic E-state index is -3.63. The molecule has 0 radical (unpaired) electrons. The van der Waals surface area contributed by atoms with E-state index in [0.717, 1.165) is 0 Å². The van der Waals surface area contributed by atoms with Crippen molar-refractivity contribution in [1.82, 2.24) is 14.5 Å². The molecule has 0 atom stereocenters. The summed E-state index contributed by atoms with van der Waals surface area (Å²) in [7, 11) is -2.30. The molecule has 1 aromatic heterocycles. The molecule has 24 heavy (non-hydrogen) atoms. The van der Waals surface area contributed by atoms with Crippen LogP contribution in [0, 0.1) is 0 Å². The van der Waals surface area contributed by atoms with Crippen LogP contribution in [-0.2, 0) is 10.0 Å². The van der Waals surface area contributed by atoms with Crippen molar-refractivity contribution in [2.75, 3.05) is 7.05 Å². The number of sulfonamides is 1. The minimum Gasteiger partial charge on any atom is -0.507 e. The lowest BCUT2D eigenvalue weighted by molar-refractivity contribution is 0.476. The van der Waals surface area contributed by atoms with Gasteiger partial charge in [0.05, 0.1) is 27.5 Å². The van der Waals surface area contributed by atoms with E-state index in [4.69, 9.17) is 11.6 Å². The summed E-state index contributed by atoms with van der Waals surface area (Å²) in [5.74, 6) is -0.0566. The average molecular weight is 364 g/mol. The van der Waals surface area contributed by atoms with Gasteiger partial charge in [0.2, 0.25) is 10.0 Å². The van der Waals surface area contributed by atoms with Gasteiger partial charge < -0.3 is 5.11 Å². The maximum atomic E-state index is 12.0. The van der Waals surface area contributed by atoms with Crippen molar-refractivity contribution in [2.45, 2.75) is 4.90 Å². The molecule has 124 valence electrons. The molecule has 0 unspecified atom stereocenters. The largest absolute Gasteiger partial charge is 0.507 e. The van der Waals surface area contributed by atoms with E-state index in [1.165, 1.54) is 25.2 Å². The Bertz CT molecular complexity index is 999.